The molecule has 6 heteroatoms. The Bertz CT molecular complexity index is 910. The van der Waals surface area contributed by atoms with E-state index in [2.05, 4.69) is 52.8 Å². The Labute approximate surface area is 191 Å². The minimum Gasteiger partial charge on any atom is -0.478 e. The van der Waals surface area contributed by atoms with E-state index in [1.165, 1.54) is 31.2 Å². The molecule has 2 heterocycles. The highest BCUT2D eigenvalue weighted by Gasteiger charge is 2.27. The Balaban J connectivity index is 1.45. The van der Waals surface area contributed by atoms with Crippen molar-refractivity contribution in [1.82, 2.24) is 15.1 Å². The third-order valence-corrected chi connectivity index (χ3v) is 7.27. The van der Waals surface area contributed by atoms with Crippen LogP contribution in [0, 0.1) is 18.8 Å². The SMILES string of the molecule is COc1nnc(C(=O)N2CCC(C)CC2)c(C)c1NC[C@H]1CCC[C@@H](c2ccccc2)C1. The van der Waals surface area contributed by atoms with E-state index >= 15 is 0 Å². The standard InChI is InChI=1S/C26H36N4O2/c1-18-12-14-30(15-13-18)26(31)24-19(2)23(25(32-3)29-28-24)27-17-20-8-7-11-22(16-20)21-9-5-4-6-10-21/h4-6,9-10,18,20,22H,7-8,11-17H2,1-3H3,(H,27,28)/t20-,22+/m0/s1. The summed E-state index contributed by atoms with van der Waals surface area (Å²) in [6, 6.07) is 10.9. The zero-order chi connectivity index (χ0) is 22.5. The maximum Gasteiger partial charge on any atom is 0.274 e. The van der Waals surface area contributed by atoms with Crippen LogP contribution in [0.25, 0.3) is 0 Å². The lowest BCUT2D eigenvalue weighted by Crippen LogP contribution is -2.38. The fourth-order valence-corrected chi connectivity index (χ4v) is 5.17. The minimum absolute atomic E-state index is 0.0191. The second kappa shape index (κ2) is 10.3. The normalized spacial score (nSPS) is 21.9. The number of benzene rings is 1. The summed E-state index contributed by atoms with van der Waals surface area (Å²) in [6.07, 6.45) is 6.98. The van der Waals surface area contributed by atoms with E-state index in [0.29, 0.717) is 29.3 Å². The van der Waals surface area contributed by atoms with Gasteiger partial charge >= 0.3 is 0 Å². The molecule has 1 aliphatic heterocycles. The zero-order valence-corrected chi connectivity index (χ0v) is 19.6. The molecule has 4 rings (SSSR count). The van der Waals surface area contributed by atoms with Gasteiger partial charge in [0.2, 0.25) is 0 Å². The number of amides is 1. The summed E-state index contributed by atoms with van der Waals surface area (Å²) in [6.45, 7) is 6.63. The first kappa shape index (κ1) is 22.6. The number of nitrogens with zero attached hydrogens (tertiary/aromatic N) is 3. The lowest BCUT2D eigenvalue weighted by atomic mass is 9.78. The van der Waals surface area contributed by atoms with Gasteiger partial charge in [-0.15, -0.1) is 10.2 Å². The van der Waals surface area contributed by atoms with Crippen molar-refractivity contribution in [3.8, 4) is 5.88 Å². The molecule has 1 saturated heterocycles. The number of hydrogen-bond acceptors (Lipinski definition) is 5. The summed E-state index contributed by atoms with van der Waals surface area (Å²) >= 11 is 0. The molecule has 32 heavy (non-hydrogen) atoms. The predicted molar refractivity (Wildman–Crippen MR) is 127 cm³/mol. The van der Waals surface area contributed by atoms with Gasteiger partial charge in [-0.2, -0.15) is 0 Å². The summed E-state index contributed by atoms with van der Waals surface area (Å²) in [5.41, 5.74) is 3.52. The van der Waals surface area contributed by atoms with Crippen LogP contribution in [-0.4, -0.2) is 47.7 Å². The molecular formula is C26H36N4O2. The van der Waals surface area contributed by atoms with Gasteiger partial charge in [-0.05, 0) is 62.3 Å². The molecule has 2 atom stereocenters. The second-order valence-corrected chi connectivity index (χ2v) is 9.55. The third kappa shape index (κ3) is 5.05. The van der Waals surface area contributed by atoms with E-state index in [-0.39, 0.29) is 5.91 Å². The number of anilines is 1. The summed E-state index contributed by atoms with van der Waals surface area (Å²) in [7, 11) is 1.61. The molecule has 1 saturated carbocycles. The average Bonchev–Trinajstić information content (AvgIpc) is 2.84. The molecule has 2 aliphatic rings. The number of nitrogens with one attached hydrogen (secondary N) is 1. The van der Waals surface area contributed by atoms with Crippen LogP contribution in [-0.2, 0) is 0 Å². The predicted octanol–water partition coefficient (Wildman–Crippen LogP) is 5.05. The van der Waals surface area contributed by atoms with Gasteiger partial charge in [-0.3, -0.25) is 4.79 Å². The van der Waals surface area contributed by atoms with Gasteiger partial charge in [-0.25, -0.2) is 0 Å². The van der Waals surface area contributed by atoms with Crippen LogP contribution in [0.3, 0.4) is 0 Å². The van der Waals surface area contributed by atoms with Crippen LogP contribution in [0.1, 0.15) is 73.0 Å². The molecule has 2 fully saturated rings. The van der Waals surface area contributed by atoms with Crippen molar-refractivity contribution in [2.75, 3.05) is 32.1 Å². The second-order valence-electron chi connectivity index (χ2n) is 9.55. The van der Waals surface area contributed by atoms with E-state index in [4.69, 9.17) is 4.74 Å². The molecular weight excluding hydrogens is 400 g/mol. The number of methoxy groups -OCH3 is 1. The molecule has 1 N–H and O–H groups in total. The Hall–Kier alpha value is -2.63. The molecule has 1 aliphatic carbocycles. The number of rotatable bonds is 6. The molecule has 0 unspecified atom stereocenters. The highest BCUT2D eigenvalue weighted by Crippen LogP contribution is 2.37. The molecule has 1 aromatic carbocycles. The largest absolute Gasteiger partial charge is 0.478 e. The van der Waals surface area contributed by atoms with Gasteiger partial charge in [0.25, 0.3) is 11.8 Å². The van der Waals surface area contributed by atoms with Gasteiger partial charge in [0.1, 0.15) is 5.69 Å². The van der Waals surface area contributed by atoms with E-state index in [1.54, 1.807) is 7.11 Å². The first-order chi connectivity index (χ1) is 15.6. The van der Waals surface area contributed by atoms with E-state index in [9.17, 15) is 4.79 Å². The Morgan fingerprint density at radius 1 is 1.12 bits per heavy atom. The van der Waals surface area contributed by atoms with Crippen LogP contribution in [0.15, 0.2) is 30.3 Å². The van der Waals surface area contributed by atoms with E-state index in [0.717, 1.165) is 43.7 Å². The van der Waals surface area contributed by atoms with Crippen LogP contribution < -0.4 is 10.1 Å². The molecule has 2 aromatic rings. The van der Waals surface area contributed by atoms with Gasteiger partial charge in [0, 0.05) is 25.2 Å². The number of ether oxygens (including phenoxy) is 1. The fourth-order valence-electron chi connectivity index (χ4n) is 5.17. The first-order valence-electron chi connectivity index (χ1n) is 12.1. The Kier molecular flexibility index (Phi) is 7.28. The molecule has 0 bridgehead atoms. The van der Waals surface area contributed by atoms with Crippen molar-refractivity contribution in [2.24, 2.45) is 11.8 Å². The smallest absolute Gasteiger partial charge is 0.274 e. The zero-order valence-electron chi connectivity index (χ0n) is 19.6. The maximum atomic E-state index is 13.1. The van der Waals surface area contributed by atoms with Crippen molar-refractivity contribution in [1.29, 1.82) is 0 Å². The monoisotopic (exact) mass is 436 g/mol. The maximum absolute atomic E-state index is 13.1. The van der Waals surface area contributed by atoms with Gasteiger partial charge in [-0.1, -0.05) is 43.7 Å². The molecule has 172 valence electrons. The highest BCUT2D eigenvalue weighted by atomic mass is 16.5. The molecule has 1 aromatic heterocycles. The van der Waals surface area contributed by atoms with Crippen molar-refractivity contribution in [3.63, 3.8) is 0 Å². The first-order valence-corrected chi connectivity index (χ1v) is 12.1. The third-order valence-electron chi connectivity index (χ3n) is 7.27. The van der Waals surface area contributed by atoms with Crippen LogP contribution in [0.4, 0.5) is 5.69 Å². The van der Waals surface area contributed by atoms with E-state index in [1.807, 2.05) is 11.8 Å². The molecule has 0 spiro atoms. The van der Waals surface area contributed by atoms with Crippen LogP contribution in [0.5, 0.6) is 5.88 Å². The summed E-state index contributed by atoms with van der Waals surface area (Å²) < 4.78 is 5.49. The van der Waals surface area contributed by atoms with E-state index < -0.39 is 0 Å². The lowest BCUT2D eigenvalue weighted by Gasteiger charge is -2.31. The van der Waals surface area contributed by atoms with Crippen LogP contribution in [0.2, 0.25) is 0 Å². The Morgan fingerprint density at radius 3 is 2.59 bits per heavy atom. The number of carbonyl (C=O) groups is 1. The van der Waals surface area contributed by atoms with Crippen molar-refractivity contribution in [3.05, 3.63) is 47.2 Å². The van der Waals surface area contributed by atoms with Gasteiger partial charge < -0.3 is 15.0 Å². The van der Waals surface area contributed by atoms with Crippen molar-refractivity contribution >= 4 is 11.6 Å². The quantitative estimate of drug-likeness (QED) is 0.686. The summed E-state index contributed by atoms with van der Waals surface area (Å²) in [5, 5.41) is 12.1. The van der Waals surface area contributed by atoms with Crippen molar-refractivity contribution in [2.45, 2.75) is 58.3 Å². The van der Waals surface area contributed by atoms with Gasteiger partial charge in [0.05, 0.1) is 7.11 Å². The topological polar surface area (TPSA) is 67.4 Å². The molecule has 6 nitrogen and oxygen atoms in total. The number of carbonyl (C=O) groups excluding carboxylic acids is 1. The van der Waals surface area contributed by atoms with Crippen LogP contribution >= 0.6 is 0 Å². The number of likely N-dealkylation sites (tertiary alicyclic amines) is 1. The number of aromatic nitrogens is 2. The molecule has 0 radical (unpaired) electrons. The Morgan fingerprint density at radius 2 is 1.88 bits per heavy atom. The fraction of sp³-hybridized carbons (Fsp3) is 0.577. The number of hydrogen-bond donors (Lipinski definition) is 1. The highest BCUT2D eigenvalue weighted by molar-refractivity contribution is 5.95. The summed E-state index contributed by atoms with van der Waals surface area (Å²) in [5.74, 6) is 2.31. The lowest BCUT2D eigenvalue weighted by molar-refractivity contribution is 0.0689. The summed E-state index contributed by atoms with van der Waals surface area (Å²) in [4.78, 5) is 15.1. The minimum atomic E-state index is -0.0191. The molecule has 1 amide bonds. The van der Waals surface area contributed by atoms with Gasteiger partial charge in [0.15, 0.2) is 5.69 Å². The van der Waals surface area contributed by atoms with Crippen molar-refractivity contribution < 1.29 is 9.53 Å². The average molecular weight is 437 g/mol. The number of piperidine rings is 1.